The Morgan fingerprint density at radius 1 is 1.00 bits per heavy atom. The van der Waals surface area contributed by atoms with Crippen LogP contribution in [-0.2, 0) is 4.79 Å². The Labute approximate surface area is 152 Å². The van der Waals surface area contributed by atoms with Gasteiger partial charge >= 0.3 is 0 Å². The summed E-state index contributed by atoms with van der Waals surface area (Å²) in [6, 6.07) is 12.2. The van der Waals surface area contributed by atoms with E-state index in [1.54, 1.807) is 48.5 Å². The first-order chi connectivity index (χ1) is 11.0. The lowest BCUT2D eigenvalue weighted by Gasteiger charge is -1.99. The molecule has 3 nitrogen and oxygen atoms in total. The largest absolute Gasteiger partial charge is 0.300 e. The van der Waals surface area contributed by atoms with E-state index in [0.29, 0.717) is 30.8 Å². The summed E-state index contributed by atoms with van der Waals surface area (Å²) in [5, 5.41) is 4.90. The van der Waals surface area contributed by atoms with Crippen molar-refractivity contribution in [3.8, 4) is 0 Å². The summed E-state index contributed by atoms with van der Waals surface area (Å²) < 4.78 is 0. The van der Waals surface area contributed by atoms with Crippen molar-refractivity contribution >= 4 is 69.4 Å². The second-order valence-corrected chi connectivity index (χ2v) is 6.93. The smallest absolute Gasteiger partial charge is 0.264 e. The molecule has 0 unspecified atom stereocenters. The highest BCUT2D eigenvalue weighted by molar-refractivity contribution is 8.18. The molecule has 1 fully saturated rings. The van der Waals surface area contributed by atoms with Gasteiger partial charge in [0.15, 0.2) is 5.17 Å². The van der Waals surface area contributed by atoms with Gasteiger partial charge in [0.05, 0.1) is 10.6 Å². The number of aliphatic imine (C=N–C) groups is 1. The maximum atomic E-state index is 12.0. The highest BCUT2D eigenvalue weighted by atomic mass is 35.5. The lowest BCUT2D eigenvalue weighted by molar-refractivity contribution is -0.115. The topological polar surface area (TPSA) is 41.5 Å². The normalized spacial score (nSPS) is 17.8. The van der Waals surface area contributed by atoms with Crippen LogP contribution in [0, 0.1) is 0 Å². The third kappa shape index (κ3) is 4.09. The fourth-order valence-corrected chi connectivity index (χ4v) is 3.29. The Morgan fingerprint density at radius 2 is 1.70 bits per heavy atom. The SMILES string of the molecule is O=C1NC(=Nc2ccc(Cl)cc2)S/C1=C\c1ccc(Cl)cc1Cl. The zero-order chi connectivity index (χ0) is 16.4. The van der Waals surface area contributed by atoms with Crippen LogP contribution < -0.4 is 5.32 Å². The van der Waals surface area contributed by atoms with Gasteiger partial charge in [-0.2, -0.15) is 0 Å². The number of thioether (sulfide) groups is 1. The van der Waals surface area contributed by atoms with E-state index in [0.717, 1.165) is 5.56 Å². The summed E-state index contributed by atoms with van der Waals surface area (Å²) >= 11 is 19.1. The maximum Gasteiger partial charge on any atom is 0.264 e. The number of rotatable bonds is 2. The van der Waals surface area contributed by atoms with Crippen LogP contribution >= 0.6 is 46.6 Å². The number of carbonyl (C=O) groups is 1. The highest BCUT2D eigenvalue weighted by Gasteiger charge is 2.24. The third-order valence-corrected chi connectivity index (χ3v) is 4.68. The monoisotopic (exact) mass is 382 g/mol. The molecule has 1 heterocycles. The summed E-state index contributed by atoms with van der Waals surface area (Å²) in [5.41, 5.74) is 1.43. The molecule has 1 saturated heterocycles. The number of carbonyl (C=O) groups excluding carboxylic acids is 1. The number of amidine groups is 1. The van der Waals surface area contributed by atoms with Crippen LogP contribution in [0.5, 0.6) is 0 Å². The molecule has 0 radical (unpaired) electrons. The number of nitrogens with zero attached hydrogens (tertiary/aromatic N) is 1. The van der Waals surface area contributed by atoms with Crippen LogP contribution in [0.15, 0.2) is 52.4 Å². The summed E-state index contributed by atoms with van der Waals surface area (Å²) in [7, 11) is 0. The van der Waals surface area contributed by atoms with E-state index in [-0.39, 0.29) is 5.91 Å². The van der Waals surface area contributed by atoms with Gasteiger partial charge in [0.1, 0.15) is 0 Å². The average molecular weight is 384 g/mol. The van der Waals surface area contributed by atoms with E-state index in [9.17, 15) is 4.79 Å². The number of amides is 1. The average Bonchev–Trinajstić information content (AvgIpc) is 2.84. The lowest BCUT2D eigenvalue weighted by Crippen LogP contribution is -2.19. The molecule has 1 aliphatic heterocycles. The van der Waals surface area contributed by atoms with Gasteiger partial charge in [-0.15, -0.1) is 0 Å². The van der Waals surface area contributed by atoms with E-state index in [1.807, 2.05) is 0 Å². The van der Waals surface area contributed by atoms with Gasteiger partial charge in [0, 0.05) is 15.1 Å². The first-order valence-electron chi connectivity index (χ1n) is 6.51. The van der Waals surface area contributed by atoms with Gasteiger partial charge in [-0.05, 0) is 59.8 Å². The van der Waals surface area contributed by atoms with E-state index in [2.05, 4.69) is 10.3 Å². The Morgan fingerprint density at radius 3 is 2.39 bits per heavy atom. The lowest BCUT2D eigenvalue weighted by atomic mass is 10.2. The molecule has 7 heteroatoms. The van der Waals surface area contributed by atoms with Crippen molar-refractivity contribution < 1.29 is 4.79 Å². The Bertz CT molecular complexity index is 832. The summed E-state index contributed by atoms with van der Waals surface area (Å²) in [5.74, 6) is -0.214. The summed E-state index contributed by atoms with van der Waals surface area (Å²) in [6.07, 6.45) is 1.71. The summed E-state index contributed by atoms with van der Waals surface area (Å²) in [4.78, 5) is 16.9. The Balaban J connectivity index is 1.84. The molecule has 0 aromatic heterocycles. The molecule has 0 atom stereocenters. The number of halogens is 3. The second-order valence-electron chi connectivity index (χ2n) is 4.62. The molecule has 0 aliphatic carbocycles. The van der Waals surface area contributed by atoms with E-state index in [4.69, 9.17) is 34.8 Å². The molecular formula is C16H9Cl3N2OS. The molecule has 1 aliphatic rings. The number of hydrogen-bond acceptors (Lipinski definition) is 3. The van der Waals surface area contributed by atoms with Gasteiger partial charge in [-0.1, -0.05) is 40.9 Å². The van der Waals surface area contributed by atoms with Crippen molar-refractivity contribution in [2.45, 2.75) is 0 Å². The van der Waals surface area contributed by atoms with E-state index in [1.165, 1.54) is 11.8 Å². The van der Waals surface area contributed by atoms with E-state index < -0.39 is 0 Å². The zero-order valence-corrected chi connectivity index (χ0v) is 14.6. The van der Waals surface area contributed by atoms with Gasteiger partial charge in [-0.3, -0.25) is 4.79 Å². The molecule has 23 heavy (non-hydrogen) atoms. The van der Waals surface area contributed by atoms with Crippen LogP contribution in [-0.4, -0.2) is 11.1 Å². The first-order valence-corrected chi connectivity index (χ1v) is 8.46. The van der Waals surface area contributed by atoms with Crippen LogP contribution in [0.2, 0.25) is 15.1 Å². The highest BCUT2D eigenvalue weighted by Crippen LogP contribution is 2.31. The van der Waals surface area contributed by atoms with Crippen LogP contribution in [0.4, 0.5) is 5.69 Å². The zero-order valence-electron chi connectivity index (χ0n) is 11.5. The third-order valence-electron chi connectivity index (χ3n) is 2.96. The van der Waals surface area contributed by atoms with Crippen molar-refractivity contribution in [1.82, 2.24) is 5.32 Å². The van der Waals surface area contributed by atoms with Gasteiger partial charge in [0.2, 0.25) is 0 Å². The number of benzene rings is 2. The molecule has 1 amide bonds. The van der Waals surface area contributed by atoms with Crippen molar-refractivity contribution in [3.05, 3.63) is 68.0 Å². The molecule has 0 bridgehead atoms. The van der Waals surface area contributed by atoms with Gasteiger partial charge in [0.25, 0.3) is 5.91 Å². The molecule has 2 aromatic rings. The number of hydrogen-bond donors (Lipinski definition) is 1. The van der Waals surface area contributed by atoms with Crippen LogP contribution in [0.25, 0.3) is 6.08 Å². The van der Waals surface area contributed by atoms with E-state index >= 15 is 0 Å². The molecule has 0 saturated carbocycles. The summed E-state index contributed by atoms with van der Waals surface area (Å²) in [6.45, 7) is 0. The maximum absolute atomic E-state index is 12.0. The fraction of sp³-hybridized carbons (Fsp3) is 0. The van der Waals surface area contributed by atoms with Crippen LogP contribution in [0.3, 0.4) is 0 Å². The molecule has 1 N–H and O–H groups in total. The van der Waals surface area contributed by atoms with Gasteiger partial charge in [-0.25, -0.2) is 4.99 Å². The predicted octanol–water partition coefficient (Wildman–Crippen LogP) is 5.54. The minimum Gasteiger partial charge on any atom is -0.300 e. The molecule has 3 rings (SSSR count). The van der Waals surface area contributed by atoms with Crippen molar-refractivity contribution in [3.63, 3.8) is 0 Å². The standard InChI is InChI=1S/C16H9Cl3N2OS/c17-10-3-5-12(6-4-10)20-16-21-15(22)14(23-16)7-9-1-2-11(18)8-13(9)19/h1-8H,(H,20,21,22)/b14-7-. The first kappa shape index (κ1) is 16.4. The number of nitrogens with one attached hydrogen (secondary N) is 1. The Kier molecular flexibility index (Phi) is 4.97. The molecule has 116 valence electrons. The molecule has 0 spiro atoms. The van der Waals surface area contributed by atoms with Crippen LogP contribution in [0.1, 0.15) is 5.56 Å². The van der Waals surface area contributed by atoms with Crippen molar-refractivity contribution in [2.24, 2.45) is 4.99 Å². The minimum absolute atomic E-state index is 0.214. The minimum atomic E-state index is -0.214. The van der Waals surface area contributed by atoms with Gasteiger partial charge < -0.3 is 5.32 Å². The predicted molar refractivity (Wildman–Crippen MR) is 98.7 cm³/mol. The molecule has 2 aromatic carbocycles. The van der Waals surface area contributed by atoms with Crippen molar-refractivity contribution in [1.29, 1.82) is 0 Å². The Hall–Kier alpha value is -1.46. The second kappa shape index (κ2) is 6.97. The fourth-order valence-electron chi connectivity index (χ4n) is 1.87. The van der Waals surface area contributed by atoms with Crippen molar-refractivity contribution in [2.75, 3.05) is 0 Å². The quantitative estimate of drug-likeness (QED) is 0.692. The molecular weight excluding hydrogens is 375 g/mol.